The number of hydrogen-bond donors (Lipinski definition) is 2. The molecule has 0 heterocycles. The minimum Gasteiger partial charge on any atom is -0.290 e. The standard InChI is InChI=1S/C3H7N3O/c1-3(7)6(5)2-4/h2,4H,5H2,1H3. The van der Waals surface area contributed by atoms with Crippen LogP contribution in [0.15, 0.2) is 0 Å². The van der Waals surface area contributed by atoms with Crippen LogP contribution in [0.4, 0.5) is 0 Å². The minimum absolute atomic E-state index is 0.338. The molecular formula is C3H7N3O. The van der Waals surface area contributed by atoms with Crippen molar-refractivity contribution in [1.82, 2.24) is 5.01 Å². The fourth-order valence-electron chi connectivity index (χ4n) is 0.0909. The molecule has 0 saturated carbocycles. The number of hydrogen-bond acceptors (Lipinski definition) is 3. The largest absolute Gasteiger partial charge is 0.290 e. The molecule has 0 aliphatic heterocycles. The number of nitrogens with one attached hydrogen (secondary N) is 1. The zero-order valence-corrected chi connectivity index (χ0v) is 4.01. The Balaban J connectivity index is 3.55. The molecule has 40 valence electrons. The first-order chi connectivity index (χ1) is 3.18. The van der Waals surface area contributed by atoms with Gasteiger partial charge in [0, 0.05) is 6.92 Å². The lowest BCUT2D eigenvalue weighted by Gasteiger charge is -2.02. The van der Waals surface area contributed by atoms with Gasteiger partial charge in [-0.25, -0.2) is 10.9 Å². The van der Waals surface area contributed by atoms with E-state index in [1.54, 1.807) is 0 Å². The monoisotopic (exact) mass is 101 g/mol. The van der Waals surface area contributed by atoms with Crippen LogP contribution in [0.5, 0.6) is 0 Å². The molecule has 0 aromatic carbocycles. The molecule has 0 rings (SSSR count). The summed E-state index contributed by atoms with van der Waals surface area (Å²) in [4.78, 5) is 10.0. The Kier molecular flexibility index (Phi) is 2.01. The number of nitrogens with zero attached hydrogens (tertiary/aromatic N) is 1. The highest BCUT2D eigenvalue weighted by atomic mass is 16.2. The van der Waals surface area contributed by atoms with Crippen LogP contribution in [0.2, 0.25) is 0 Å². The average molecular weight is 101 g/mol. The lowest BCUT2D eigenvalue weighted by molar-refractivity contribution is -0.125. The van der Waals surface area contributed by atoms with Gasteiger partial charge in [-0.15, -0.1) is 0 Å². The van der Waals surface area contributed by atoms with Crippen LogP contribution >= 0.6 is 0 Å². The van der Waals surface area contributed by atoms with E-state index in [1.165, 1.54) is 6.92 Å². The summed E-state index contributed by atoms with van der Waals surface area (Å²) in [7, 11) is 0. The molecule has 4 heteroatoms. The highest BCUT2D eigenvalue weighted by molar-refractivity contribution is 5.83. The van der Waals surface area contributed by atoms with E-state index in [0.717, 1.165) is 6.34 Å². The molecule has 0 saturated heterocycles. The number of carbonyl (C=O) groups is 1. The molecule has 0 aliphatic carbocycles. The van der Waals surface area contributed by atoms with E-state index in [2.05, 4.69) is 0 Å². The molecule has 4 nitrogen and oxygen atoms in total. The smallest absolute Gasteiger partial charge is 0.238 e. The summed E-state index contributed by atoms with van der Waals surface area (Å²) >= 11 is 0. The van der Waals surface area contributed by atoms with Crippen molar-refractivity contribution in [2.24, 2.45) is 5.84 Å². The molecule has 0 fully saturated rings. The Morgan fingerprint density at radius 2 is 2.43 bits per heavy atom. The van der Waals surface area contributed by atoms with Gasteiger partial charge in [0.05, 0.1) is 0 Å². The van der Waals surface area contributed by atoms with Crippen LogP contribution in [0.3, 0.4) is 0 Å². The maximum absolute atomic E-state index is 10.0. The number of rotatable bonds is 1. The van der Waals surface area contributed by atoms with Gasteiger partial charge in [0.2, 0.25) is 5.91 Å². The Hall–Kier alpha value is -0.900. The van der Waals surface area contributed by atoms with Gasteiger partial charge >= 0.3 is 0 Å². The van der Waals surface area contributed by atoms with Crippen LogP contribution in [0.1, 0.15) is 6.92 Å². The first-order valence-electron chi connectivity index (χ1n) is 1.73. The second-order valence-corrected chi connectivity index (χ2v) is 1.06. The summed E-state index contributed by atoms with van der Waals surface area (Å²) in [6.07, 6.45) is 0.752. The van der Waals surface area contributed by atoms with E-state index in [4.69, 9.17) is 11.3 Å². The molecule has 3 N–H and O–H groups in total. The zero-order chi connectivity index (χ0) is 5.86. The van der Waals surface area contributed by atoms with Crippen molar-refractivity contribution in [1.29, 1.82) is 5.41 Å². The van der Waals surface area contributed by atoms with E-state index in [9.17, 15) is 4.79 Å². The Bertz CT molecular complexity index is 90.2. The minimum atomic E-state index is -0.338. The van der Waals surface area contributed by atoms with Crippen molar-refractivity contribution < 1.29 is 4.79 Å². The Morgan fingerprint density at radius 3 is 2.43 bits per heavy atom. The van der Waals surface area contributed by atoms with Gasteiger partial charge in [-0.05, 0) is 0 Å². The lowest BCUT2D eigenvalue weighted by atomic mass is 10.7. The topological polar surface area (TPSA) is 70.2 Å². The van der Waals surface area contributed by atoms with Crippen molar-refractivity contribution >= 4 is 12.2 Å². The molecular weight excluding hydrogens is 94.1 g/mol. The third kappa shape index (κ3) is 1.88. The molecule has 0 atom stereocenters. The van der Waals surface area contributed by atoms with Gasteiger partial charge < -0.3 is 0 Å². The third-order valence-corrected chi connectivity index (χ3v) is 0.503. The van der Waals surface area contributed by atoms with Crippen molar-refractivity contribution in [2.75, 3.05) is 0 Å². The molecule has 0 radical (unpaired) electrons. The van der Waals surface area contributed by atoms with Gasteiger partial charge in [0.15, 0.2) is 0 Å². The fourth-order valence-corrected chi connectivity index (χ4v) is 0.0909. The summed E-state index contributed by atoms with van der Waals surface area (Å²) in [6.45, 7) is 1.28. The SMILES string of the molecule is CC(=O)N(N)C=N. The predicted molar refractivity (Wildman–Crippen MR) is 25.5 cm³/mol. The zero-order valence-electron chi connectivity index (χ0n) is 4.01. The van der Waals surface area contributed by atoms with Crippen molar-refractivity contribution in [3.63, 3.8) is 0 Å². The summed E-state index contributed by atoms with van der Waals surface area (Å²) in [6, 6.07) is 0. The van der Waals surface area contributed by atoms with Crippen LogP contribution in [0.25, 0.3) is 0 Å². The predicted octanol–water partition coefficient (Wildman–Crippen LogP) is -0.684. The first kappa shape index (κ1) is 6.10. The number of amides is 1. The van der Waals surface area contributed by atoms with E-state index < -0.39 is 0 Å². The summed E-state index contributed by atoms with van der Waals surface area (Å²) in [5.74, 6) is 4.52. The van der Waals surface area contributed by atoms with Crippen LogP contribution < -0.4 is 5.84 Å². The Labute approximate surface area is 41.4 Å². The normalized spacial score (nSPS) is 7.71. The molecule has 1 amide bonds. The lowest BCUT2D eigenvalue weighted by Crippen LogP contribution is -2.33. The third-order valence-electron chi connectivity index (χ3n) is 0.503. The van der Waals surface area contributed by atoms with Crippen molar-refractivity contribution in [3.05, 3.63) is 0 Å². The molecule has 0 unspecified atom stereocenters. The second-order valence-electron chi connectivity index (χ2n) is 1.06. The fraction of sp³-hybridized carbons (Fsp3) is 0.333. The van der Waals surface area contributed by atoms with E-state index in [-0.39, 0.29) is 5.91 Å². The second kappa shape index (κ2) is 2.30. The molecule has 0 spiro atoms. The average Bonchev–Trinajstić information content (AvgIpc) is 1.65. The molecule has 0 bridgehead atoms. The van der Waals surface area contributed by atoms with Crippen LogP contribution in [-0.2, 0) is 4.79 Å². The highest BCUT2D eigenvalue weighted by Gasteiger charge is 1.93. The highest BCUT2D eigenvalue weighted by Crippen LogP contribution is 1.67. The van der Waals surface area contributed by atoms with Crippen molar-refractivity contribution in [2.45, 2.75) is 6.92 Å². The molecule has 0 aromatic heterocycles. The van der Waals surface area contributed by atoms with E-state index in [0.29, 0.717) is 5.01 Å². The number of nitrogens with two attached hydrogens (primary N) is 1. The summed E-state index contributed by atoms with van der Waals surface area (Å²) in [5.41, 5.74) is 0. The quantitative estimate of drug-likeness (QED) is 0.151. The molecule has 0 aliphatic rings. The number of hydrazine groups is 1. The Morgan fingerprint density at radius 1 is 2.00 bits per heavy atom. The first-order valence-corrected chi connectivity index (χ1v) is 1.73. The number of carbonyl (C=O) groups excluding carboxylic acids is 1. The van der Waals surface area contributed by atoms with Gasteiger partial charge in [-0.3, -0.25) is 10.2 Å². The summed E-state index contributed by atoms with van der Waals surface area (Å²) in [5, 5.41) is 7.09. The maximum atomic E-state index is 10.0. The summed E-state index contributed by atoms with van der Waals surface area (Å²) < 4.78 is 0. The van der Waals surface area contributed by atoms with Gasteiger partial charge in [-0.1, -0.05) is 0 Å². The van der Waals surface area contributed by atoms with Crippen molar-refractivity contribution in [3.8, 4) is 0 Å². The molecule has 7 heavy (non-hydrogen) atoms. The van der Waals surface area contributed by atoms with E-state index >= 15 is 0 Å². The van der Waals surface area contributed by atoms with Crippen LogP contribution in [0, 0.1) is 5.41 Å². The molecule has 0 aromatic rings. The van der Waals surface area contributed by atoms with Gasteiger partial charge in [0.1, 0.15) is 6.34 Å². The van der Waals surface area contributed by atoms with E-state index in [1.807, 2.05) is 0 Å². The maximum Gasteiger partial charge on any atom is 0.238 e. The van der Waals surface area contributed by atoms with Gasteiger partial charge in [0.25, 0.3) is 0 Å². The van der Waals surface area contributed by atoms with Gasteiger partial charge in [-0.2, -0.15) is 0 Å². The van der Waals surface area contributed by atoms with Crippen LogP contribution in [-0.4, -0.2) is 17.3 Å².